The molecule has 0 saturated heterocycles. The lowest BCUT2D eigenvalue weighted by Crippen LogP contribution is -2.22. The Morgan fingerprint density at radius 1 is 1.05 bits per heavy atom. The zero-order valence-electron chi connectivity index (χ0n) is 12.8. The number of allylic oxidation sites excluding steroid dienone is 2. The van der Waals surface area contributed by atoms with Crippen molar-refractivity contribution in [2.75, 3.05) is 7.11 Å². The summed E-state index contributed by atoms with van der Waals surface area (Å²) < 4.78 is 5.50. The molecule has 0 aliphatic heterocycles. The van der Waals surface area contributed by atoms with Crippen molar-refractivity contribution in [2.24, 2.45) is 11.8 Å². The Balaban J connectivity index is 1.62. The van der Waals surface area contributed by atoms with Gasteiger partial charge in [0.2, 0.25) is 0 Å². The SMILES string of the molecule is COc1ccccc1[C@H]1CC[C@H](C2C=CC(=O)CC2)CC1. The Morgan fingerprint density at radius 2 is 1.81 bits per heavy atom. The molecule has 2 nitrogen and oxygen atoms in total. The van der Waals surface area contributed by atoms with Gasteiger partial charge in [0.05, 0.1) is 7.11 Å². The van der Waals surface area contributed by atoms with Gasteiger partial charge in [0.15, 0.2) is 5.78 Å². The van der Waals surface area contributed by atoms with Crippen molar-refractivity contribution in [3.63, 3.8) is 0 Å². The highest BCUT2D eigenvalue weighted by Crippen LogP contribution is 2.43. The molecule has 0 heterocycles. The summed E-state index contributed by atoms with van der Waals surface area (Å²) in [5.41, 5.74) is 1.37. The maximum Gasteiger partial charge on any atom is 0.155 e. The van der Waals surface area contributed by atoms with E-state index in [0.29, 0.717) is 17.6 Å². The monoisotopic (exact) mass is 284 g/mol. The van der Waals surface area contributed by atoms with E-state index in [4.69, 9.17) is 4.74 Å². The summed E-state index contributed by atoms with van der Waals surface area (Å²) >= 11 is 0. The standard InChI is InChI=1S/C19H24O2/c1-21-19-5-3-2-4-18(19)16-8-6-14(7-9-16)15-10-12-17(20)13-11-15/h2-5,10,12,14-16H,6-9,11,13H2,1H3/t14-,15?,16-. The Bertz CT molecular complexity index is 524. The fourth-order valence-corrected chi connectivity index (χ4v) is 3.97. The van der Waals surface area contributed by atoms with Crippen molar-refractivity contribution in [3.05, 3.63) is 42.0 Å². The van der Waals surface area contributed by atoms with Crippen LogP contribution in [0.1, 0.15) is 50.0 Å². The van der Waals surface area contributed by atoms with Crippen LogP contribution in [0.3, 0.4) is 0 Å². The quantitative estimate of drug-likeness (QED) is 0.816. The van der Waals surface area contributed by atoms with Crippen LogP contribution in [0.5, 0.6) is 5.75 Å². The maximum atomic E-state index is 11.3. The Morgan fingerprint density at radius 3 is 2.48 bits per heavy atom. The second-order valence-corrected chi connectivity index (χ2v) is 6.38. The number of para-hydroxylation sites is 1. The second kappa shape index (κ2) is 6.46. The van der Waals surface area contributed by atoms with Gasteiger partial charge in [-0.3, -0.25) is 4.79 Å². The molecule has 0 amide bonds. The van der Waals surface area contributed by atoms with Gasteiger partial charge in [-0.25, -0.2) is 0 Å². The summed E-state index contributed by atoms with van der Waals surface area (Å²) in [5, 5.41) is 0. The van der Waals surface area contributed by atoms with Crippen LogP contribution in [0.25, 0.3) is 0 Å². The molecule has 0 N–H and O–H groups in total. The lowest BCUT2D eigenvalue weighted by molar-refractivity contribution is -0.115. The molecule has 1 fully saturated rings. The molecule has 2 aliphatic carbocycles. The average molecular weight is 284 g/mol. The van der Waals surface area contributed by atoms with Crippen LogP contribution >= 0.6 is 0 Å². The van der Waals surface area contributed by atoms with Crippen molar-refractivity contribution in [1.29, 1.82) is 0 Å². The van der Waals surface area contributed by atoms with E-state index < -0.39 is 0 Å². The van der Waals surface area contributed by atoms with Gasteiger partial charge in [-0.15, -0.1) is 0 Å². The van der Waals surface area contributed by atoms with Crippen LogP contribution in [0, 0.1) is 11.8 Å². The average Bonchev–Trinajstić information content (AvgIpc) is 2.56. The molecule has 1 aromatic carbocycles. The summed E-state index contributed by atoms with van der Waals surface area (Å²) in [7, 11) is 1.76. The summed E-state index contributed by atoms with van der Waals surface area (Å²) in [6.45, 7) is 0. The van der Waals surface area contributed by atoms with Crippen molar-refractivity contribution >= 4 is 5.78 Å². The van der Waals surface area contributed by atoms with Gasteiger partial charge in [0.1, 0.15) is 5.75 Å². The van der Waals surface area contributed by atoms with Crippen molar-refractivity contribution in [2.45, 2.75) is 44.4 Å². The van der Waals surface area contributed by atoms with E-state index in [0.717, 1.165) is 24.5 Å². The number of hydrogen-bond acceptors (Lipinski definition) is 2. The smallest absolute Gasteiger partial charge is 0.155 e. The summed E-state index contributed by atoms with van der Waals surface area (Å²) in [4.78, 5) is 11.3. The molecule has 2 heteroatoms. The van der Waals surface area contributed by atoms with Gasteiger partial charge >= 0.3 is 0 Å². The van der Waals surface area contributed by atoms with Crippen LogP contribution in [0.4, 0.5) is 0 Å². The molecule has 1 atom stereocenters. The van der Waals surface area contributed by atoms with E-state index in [1.54, 1.807) is 13.2 Å². The van der Waals surface area contributed by atoms with Crippen LogP contribution in [0.2, 0.25) is 0 Å². The van der Waals surface area contributed by atoms with Gasteiger partial charge < -0.3 is 4.74 Å². The number of rotatable bonds is 3. The van der Waals surface area contributed by atoms with E-state index in [2.05, 4.69) is 24.3 Å². The van der Waals surface area contributed by atoms with Crippen LogP contribution in [0.15, 0.2) is 36.4 Å². The third-order valence-corrected chi connectivity index (χ3v) is 5.21. The van der Waals surface area contributed by atoms with Gasteiger partial charge in [-0.1, -0.05) is 24.3 Å². The van der Waals surface area contributed by atoms with Gasteiger partial charge in [-0.05, 0) is 67.6 Å². The van der Waals surface area contributed by atoms with E-state index in [-0.39, 0.29) is 0 Å². The van der Waals surface area contributed by atoms with Crippen molar-refractivity contribution in [1.82, 2.24) is 0 Å². The first-order valence-electron chi connectivity index (χ1n) is 8.12. The van der Waals surface area contributed by atoms with Crippen LogP contribution in [-0.4, -0.2) is 12.9 Å². The maximum absolute atomic E-state index is 11.3. The highest BCUT2D eigenvalue weighted by atomic mass is 16.5. The normalized spacial score (nSPS) is 29.4. The molecule has 3 rings (SSSR count). The van der Waals surface area contributed by atoms with E-state index >= 15 is 0 Å². The van der Waals surface area contributed by atoms with E-state index in [1.165, 1.54) is 31.2 Å². The second-order valence-electron chi connectivity index (χ2n) is 6.38. The van der Waals surface area contributed by atoms with Crippen molar-refractivity contribution < 1.29 is 9.53 Å². The minimum atomic E-state index is 0.300. The number of benzene rings is 1. The minimum Gasteiger partial charge on any atom is -0.496 e. The molecule has 1 aromatic rings. The first kappa shape index (κ1) is 14.4. The van der Waals surface area contributed by atoms with Crippen LogP contribution in [-0.2, 0) is 4.79 Å². The number of hydrogen-bond donors (Lipinski definition) is 0. The molecule has 0 aromatic heterocycles. The molecular formula is C19H24O2. The van der Waals surface area contributed by atoms with Gasteiger partial charge in [0.25, 0.3) is 0 Å². The number of carbonyl (C=O) groups is 1. The molecule has 0 spiro atoms. The fourth-order valence-electron chi connectivity index (χ4n) is 3.97. The largest absolute Gasteiger partial charge is 0.496 e. The topological polar surface area (TPSA) is 26.3 Å². The number of ketones is 1. The molecule has 112 valence electrons. The Kier molecular flexibility index (Phi) is 4.42. The first-order valence-corrected chi connectivity index (χ1v) is 8.12. The highest BCUT2D eigenvalue weighted by Gasteiger charge is 2.29. The molecule has 2 aliphatic rings. The zero-order chi connectivity index (χ0) is 14.7. The predicted molar refractivity (Wildman–Crippen MR) is 84.6 cm³/mol. The number of carbonyl (C=O) groups excluding carboxylic acids is 1. The first-order chi connectivity index (χ1) is 10.3. The van der Waals surface area contributed by atoms with Crippen LogP contribution < -0.4 is 4.74 Å². The van der Waals surface area contributed by atoms with Crippen molar-refractivity contribution in [3.8, 4) is 5.75 Å². The van der Waals surface area contributed by atoms with Gasteiger partial charge in [0, 0.05) is 6.42 Å². The Hall–Kier alpha value is -1.57. The predicted octanol–water partition coefficient (Wildman–Crippen LogP) is 4.50. The fraction of sp³-hybridized carbons (Fsp3) is 0.526. The zero-order valence-corrected chi connectivity index (χ0v) is 12.8. The minimum absolute atomic E-state index is 0.300. The molecular weight excluding hydrogens is 260 g/mol. The Labute approximate surface area is 127 Å². The lowest BCUT2D eigenvalue weighted by Gasteiger charge is -2.34. The van der Waals surface area contributed by atoms with E-state index in [9.17, 15) is 4.79 Å². The number of ether oxygens (including phenoxy) is 1. The third-order valence-electron chi connectivity index (χ3n) is 5.21. The summed E-state index contributed by atoms with van der Waals surface area (Å²) in [6.07, 6.45) is 10.8. The molecule has 1 saturated carbocycles. The molecule has 21 heavy (non-hydrogen) atoms. The molecule has 0 radical (unpaired) electrons. The van der Waals surface area contributed by atoms with Gasteiger partial charge in [-0.2, -0.15) is 0 Å². The molecule has 1 unspecified atom stereocenters. The highest BCUT2D eigenvalue weighted by molar-refractivity contribution is 5.90. The third kappa shape index (κ3) is 3.20. The van der Waals surface area contributed by atoms with E-state index in [1.807, 2.05) is 6.07 Å². The molecule has 0 bridgehead atoms. The lowest BCUT2D eigenvalue weighted by atomic mass is 9.71. The number of methoxy groups -OCH3 is 1. The summed E-state index contributed by atoms with van der Waals surface area (Å²) in [5.74, 6) is 3.35. The summed E-state index contributed by atoms with van der Waals surface area (Å²) in [6, 6.07) is 8.43.